The maximum Gasteiger partial charge on any atom is 0.0178 e. The van der Waals surface area contributed by atoms with Crippen LogP contribution < -0.4 is 0 Å². The van der Waals surface area contributed by atoms with Crippen molar-refractivity contribution in [2.75, 3.05) is 0 Å². The number of halogens is 2. The van der Waals surface area contributed by atoms with Gasteiger partial charge >= 0.3 is 0 Å². The number of hydrogen-bond acceptors (Lipinski definition) is 0. The van der Waals surface area contributed by atoms with Crippen molar-refractivity contribution in [2.45, 2.75) is 19.3 Å². The van der Waals surface area contributed by atoms with Crippen molar-refractivity contribution in [3.05, 3.63) is 33.8 Å². The molecule has 60 valence electrons. The lowest BCUT2D eigenvalue weighted by molar-refractivity contribution is 0.911. The van der Waals surface area contributed by atoms with Gasteiger partial charge in [-0.3, -0.25) is 0 Å². The zero-order valence-electron chi connectivity index (χ0n) is 6.14. The lowest BCUT2D eigenvalue weighted by Crippen LogP contribution is -1.79. The average molecular weight is 234 g/mol. The summed E-state index contributed by atoms with van der Waals surface area (Å²) in [7, 11) is 0. The van der Waals surface area contributed by atoms with Crippen LogP contribution in [0, 0.1) is 0 Å². The van der Waals surface area contributed by atoms with Gasteiger partial charge in [-0.2, -0.15) is 0 Å². The lowest BCUT2D eigenvalue weighted by atomic mass is 10.1. The fourth-order valence-corrected chi connectivity index (χ4v) is 1.95. The third kappa shape index (κ3) is 1.77. The van der Waals surface area contributed by atoms with Crippen LogP contribution in [0.3, 0.4) is 0 Å². The maximum absolute atomic E-state index is 3.46. The first kappa shape index (κ1) is 9.08. The van der Waals surface area contributed by atoms with Crippen LogP contribution >= 0.6 is 28.3 Å². The Morgan fingerprint density at radius 1 is 1.09 bits per heavy atom. The van der Waals surface area contributed by atoms with Gasteiger partial charge in [0.2, 0.25) is 0 Å². The Bertz CT molecular complexity index is 258. The molecular formula is C9H10BrCl. The third-order valence-electron chi connectivity index (χ3n) is 2.06. The van der Waals surface area contributed by atoms with Gasteiger partial charge in [0.25, 0.3) is 0 Å². The van der Waals surface area contributed by atoms with E-state index >= 15 is 0 Å². The smallest absolute Gasteiger partial charge is 0.0178 e. The van der Waals surface area contributed by atoms with E-state index in [0.29, 0.717) is 0 Å². The van der Waals surface area contributed by atoms with Gasteiger partial charge in [0.05, 0.1) is 0 Å². The minimum Gasteiger partial charge on any atom is -0.147 e. The topological polar surface area (TPSA) is 0 Å². The standard InChI is InChI=1S/C9H9Br.ClH/c10-9-5-4-7-2-1-3-8(7)6-9;/h4-6H,1-3H2;1H. The quantitative estimate of drug-likeness (QED) is 0.645. The molecule has 0 nitrogen and oxygen atoms in total. The van der Waals surface area contributed by atoms with E-state index in [0.717, 1.165) is 0 Å². The number of rotatable bonds is 0. The Morgan fingerprint density at radius 2 is 1.82 bits per heavy atom. The highest BCUT2D eigenvalue weighted by atomic mass is 79.9. The summed E-state index contributed by atoms with van der Waals surface area (Å²) in [4.78, 5) is 0. The number of hydrogen-bond donors (Lipinski definition) is 0. The Labute approximate surface area is 81.5 Å². The predicted octanol–water partition coefficient (Wildman–Crippen LogP) is 3.36. The summed E-state index contributed by atoms with van der Waals surface area (Å²) in [5.41, 5.74) is 3.08. The molecule has 1 aliphatic carbocycles. The van der Waals surface area contributed by atoms with Crippen LogP contribution in [0.4, 0.5) is 0 Å². The zero-order chi connectivity index (χ0) is 6.97. The molecule has 0 atom stereocenters. The molecule has 2 rings (SSSR count). The Balaban J connectivity index is 0.000000605. The molecule has 0 spiro atoms. The van der Waals surface area contributed by atoms with Gasteiger partial charge in [-0.25, -0.2) is 0 Å². The van der Waals surface area contributed by atoms with E-state index in [4.69, 9.17) is 0 Å². The molecule has 1 aliphatic rings. The number of fused-ring (bicyclic) bond motifs is 1. The van der Waals surface area contributed by atoms with Crippen LogP contribution in [0.1, 0.15) is 17.5 Å². The van der Waals surface area contributed by atoms with Gasteiger partial charge in [-0.05, 0) is 42.5 Å². The molecule has 1 aromatic carbocycles. The molecule has 0 unspecified atom stereocenters. The highest BCUT2D eigenvalue weighted by molar-refractivity contribution is 9.10. The van der Waals surface area contributed by atoms with E-state index in [-0.39, 0.29) is 12.4 Å². The second-order valence-electron chi connectivity index (χ2n) is 2.77. The first-order chi connectivity index (χ1) is 4.86. The lowest BCUT2D eigenvalue weighted by Gasteiger charge is -1.97. The second kappa shape index (κ2) is 3.59. The summed E-state index contributed by atoms with van der Waals surface area (Å²) >= 11 is 3.46. The van der Waals surface area contributed by atoms with Gasteiger partial charge in [0.1, 0.15) is 0 Å². The van der Waals surface area contributed by atoms with Gasteiger partial charge in [0, 0.05) is 4.47 Å². The molecule has 0 radical (unpaired) electrons. The molecule has 0 amide bonds. The fraction of sp³-hybridized carbons (Fsp3) is 0.333. The first-order valence-corrected chi connectivity index (χ1v) is 4.43. The Kier molecular flexibility index (Phi) is 2.97. The monoisotopic (exact) mass is 232 g/mol. The molecule has 11 heavy (non-hydrogen) atoms. The van der Waals surface area contributed by atoms with Crippen molar-refractivity contribution in [1.29, 1.82) is 0 Å². The Hall–Kier alpha value is -0.0100. The number of benzene rings is 1. The van der Waals surface area contributed by atoms with Crippen molar-refractivity contribution in [1.82, 2.24) is 0 Å². The van der Waals surface area contributed by atoms with Crippen LogP contribution in [0.15, 0.2) is 22.7 Å². The predicted molar refractivity (Wildman–Crippen MR) is 53.4 cm³/mol. The van der Waals surface area contributed by atoms with E-state index in [1.165, 1.54) is 29.3 Å². The van der Waals surface area contributed by atoms with Crippen LogP contribution in [0.25, 0.3) is 0 Å². The van der Waals surface area contributed by atoms with E-state index in [2.05, 4.69) is 34.1 Å². The van der Waals surface area contributed by atoms with E-state index in [1.807, 2.05) is 0 Å². The molecular weight excluding hydrogens is 223 g/mol. The zero-order valence-corrected chi connectivity index (χ0v) is 8.54. The molecule has 0 N–H and O–H groups in total. The summed E-state index contributed by atoms with van der Waals surface area (Å²) in [6.45, 7) is 0. The second-order valence-corrected chi connectivity index (χ2v) is 3.68. The van der Waals surface area contributed by atoms with Gasteiger partial charge in [-0.1, -0.05) is 22.0 Å². The molecule has 0 aromatic heterocycles. The van der Waals surface area contributed by atoms with E-state index in [9.17, 15) is 0 Å². The molecule has 0 saturated carbocycles. The minimum atomic E-state index is 0. The van der Waals surface area contributed by atoms with Crippen molar-refractivity contribution in [3.63, 3.8) is 0 Å². The van der Waals surface area contributed by atoms with Crippen molar-refractivity contribution in [3.8, 4) is 0 Å². The number of aryl methyl sites for hydroxylation is 2. The molecule has 0 saturated heterocycles. The van der Waals surface area contributed by atoms with Gasteiger partial charge in [0.15, 0.2) is 0 Å². The van der Waals surface area contributed by atoms with Crippen molar-refractivity contribution in [2.24, 2.45) is 0 Å². The maximum atomic E-state index is 3.46. The summed E-state index contributed by atoms with van der Waals surface area (Å²) in [6, 6.07) is 6.60. The normalized spacial score (nSPS) is 13.9. The summed E-state index contributed by atoms with van der Waals surface area (Å²) in [6.07, 6.45) is 3.89. The average Bonchev–Trinajstić information content (AvgIpc) is 2.33. The minimum absolute atomic E-state index is 0. The molecule has 0 heterocycles. The highest BCUT2D eigenvalue weighted by Gasteiger charge is 2.09. The SMILES string of the molecule is Brc1ccc2c(c1)CCC2.Cl. The van der Waals surface area contributed by atoms with Crippen LogP contribution in [-0.2, 0) is 12.8 Å². The van der Waals surface area contributed by atoms with Gasteiger partial charge < -0.3 is 0 Å². The summed E-state index contributed by atoms with van der Waals surface area (Å²) < 4.78 is 1.22. The summed E-state index contributed by atoms with van der Waals surface area (Å²) in [5.74, 6) is 0. The first-order valence-electron chi connectivity index (χ1n) is 3.63. The molecule has 0 bridgehead atoms. The van der Waals surface area contributed by atoms with Gasteiger partial charge in [-0.15, -0.1) is 12.4 Å². The Morgan fingerprint density at radius 3 is 2.64 bits per heavy atom. The molecule has 1 aromatic rings. The highest BCUT2D eigenvalue weighted by Crippen LogP contribution is 2.24. The van der Waals surface area contributed by atoms with Crippen LogP contribution in [-0.4, -0.2) is 0 Å². The fourth-order valence-electron chi connectivity index (χ4n) is 1.54. The molecule has 0 fully saturated rings. The van der Waals surface area contributed by atoms with Crippen LogP contribution in [0.5, 0.6) is 0 Å². The van der Waals surface area contributed by atoms with Crippen molar-refractivity contribution >= 4 is 28.3 Å². The van der Waals surface area contributed by atoms with E-state index in [1.54, 1.807) is 5.56 Å². The van der Waals surface area contributed by atoms with Crippen LogP contribution in [0.2, 0.25) is 0 Å². The summed E-state index contributed by atoms with van der Waals surface area (Å²) in [5, 5.41) is 0. The van der Waals surface area contributed by atoms with Crippen molar-refractivity contribution < 1.29 is 0 Å². The largest absolute Gasteiger partial charge is 0.147 e. The molecule has 0 aliphatic heterocycles. The third-order valence-corrected chi connectivity index (χ3v) is 2.55. The molecule has 2 heteroatoms. The van der Waals surface area contributed by atoms with E-state index < -0.39 is 0 Å².